The molecule has 0 N–H and O–H groups in total. The number of aromatic nitrogens is 4. The summed E-state index contributed by atoms with van der Waals surface area (Å²) in [5, 5.41) is 6.68. The molecule has 1 atom stereocenters. The highest BCUT2D eigenvalue weighted by Gasteiger charge is 2.07. The van der Waals surface area contributed by atoms with Crippen LogP contribution >= 0.6 is 0 Å². The van der Waals surface area contributed by atoms with Gasteiger partial charge in [0, 0.05) is 16.4 Å². The molecule has 1 aromatic heterocycles. The number of methoxy groups -OCH3 is 1. The minimum atomic E-state index is -2.76. The Labute approximate surface area is 91.5 Å². The van der Waals surface area contributed by atoms with Crippen LogP contribution in [0, 0.1) is 0 Å². The van der Waals surface area contributed by atoms with Gasteiger partial charge in [0.25, 0.3) is 0 Å². The Kier molecular flexibility index (Phi) is 1.98. The number of rotatable bonds is 3. The first-order valence-corrected chi connectivity index (χ1v) is 3.92. The number of esters is 1. The van der Waals surface area contributed by atoms with Crippen LogP contribution in [0.2, 0.25) is 0 Å². The molecule has 0 saturated carbocycles. The molecule has 0 aliphatic carbocycles. The van der Waals surface area contributed by atoms with Crippen molar-refractivity contribution in [3.8, 4) is 0 Å². The van der Waals surface area contributed by atoms with E-state index in [2.05, 4.69) is 15.2 Å². The van der Waals surface area contributed by atoms with Gasteiger partial charge < -0.3 is 4.74 Å². The molecule has 7 heteroatoms. The summed E-state index contributed by atoms with van der Waals surface area (Å²) in [4.78, 5) is 22.6. The zero-order chi connectivity index (χ0) is 14.8. The zero-order valence-electron chi connectivity index (χ0n) is 12.2. The number of carbonyl (C=O) groups excluding carboxylic acids is 1. The number of hydrogen-bond donors (Lipinski definition) is 0. The van der Waals surface area contributed by atoms with Gasteiger partial charge in [-0.15, -0.1) is 0 Å². The average molecular weight is 216 g/mol. The summed E-state index contributed by atoms with van der Waals surface area (Å²) in [5.41, 5.74) is -0.950. The first kappa shape index (κ1) is 6.54. The largest absolute Gasteiger partial charge is 0.466 e. The van der Waals surface area contributed by atoms with E-state index in [4.69, 9.17) is 5.48 Å². The summed E-state index contributed by atoms with van der Waals surface area (Å²) < 4.78 is 34.6. The van der Waals surface area contributed by atoms with E-state index >= 15 is 0 Å². The van der Waals surface area contributed by atoms with Gasteiger partial charge in [-0.2, -0.15) is 9.36 Å². The molecule has 0 aliphatic heterocycles. The van der Waals surface area contributed by atoms with Gasteiger partial charge in [-0.05, 0) is 24.2 Å². The lowest BCUT2D eigenvalue weighted by Crippen LogP contribution is -2.24. The lowest BCUT2D eigenvalue weighted by atomic mass is 10.4. The van der Waals surface area contributed by atoms with Gasteiger partial charge in [-0.3, -0.25) is 0 Å². The fourth-order valence-electron chi connectivity index (χ4n) is 0.760. The van der Waals surface area contributed by atoms with Crippen LogP contribution in [0.5, 0.6) is 0 Å². The molecule has 15 heavy (non-hydrogen) atoms. The number of carbonyl (C=O) groups is 1. The third-order valence-corrected chi connectivity index (χ3v) is 1.47. The Morgan fingerprint density at radius 1 is 1.73 bits per heavy atom. The third-order valence-electron chi connectivity index (χ3n) is 1.47. The van der Waals surface area contributed by atoms with Crippen LogP contribution < -0.4 is 5.69 Å². The molecular formula is C8H12N4O3. The van der Waals surface area contributed by atoms with Crippen molar-refractivity contribution in [1.82, 2.24) is 19.8 Å². The van der Waals surface area contributed by atoms with Crippen molar-refractivity contribution in [1.29, 1.82) is 0 Å². The second-order valence-electron chi connectivity index (χ2n) is 2.54. The van der Waals surface area contributed by atoms with E-state index < -0.39 is 24.5 Å². The fourth-order valence-corrected chi connectivity index (χ4v) is 0.760. The highest BCUT2D eigenvalue weighted by atomic mass is 16.5. The molecular weight excluding hydrogens is 200 g/mol. The average Bonchev–Trinajstić information content (AvgIpc) is 2.66. The first-order valence-electron chi connectivity index (χ1n) is 5.92. The lowest BCUT2D eigenvalue weighted by molar-refractivity contribution is -0.134. The Morgan fingerprint density at radius 2 is 2.47 bits per heavy atom. The normalized spacial score (nSPS) is 19.9. The standard InChI is InChI=1S/C8H12N4O3/c1-6(2)12-8(14)11(9-10-12)5-4-7(13)15-3/h4-6H,1-3H3/b5-4+/i1D3,6D. The lowest BCUT2D eigenvalue weighted by Gasteiger charge is -1.98. The highest BCUT2D eigenvalue weighted by Crippen LogP contribution is 1.94. The predicted octanol–water partition coefficient (Wildman–Crippen LogP) is -0.336. The predicted molar refractivity (Wildman–Crippen MR) is 52.0 cm³/mol. The molecule has 7 nitrogen and oxygen atoms in total. The first-order chi connectivity index (χ1) is 8.61. The minimum Gasteiger partial charge on any atom is -0.466 e. The van der Waals surface area contributed by atoms with Gasteiger partial charge in [0.2, 0.25) is 0 Å². The number of hydrogen-bond acceptors (Lipinski definition) is 5. The highest BCUT2D eigenvalue weighted by molar-refractivity contribution is 5.84. The molecule has 1 aromatic rings. The Hall–Kier alpha value is -1.92. The molecule has 0 bridgehead atoms. The van der Waals surface area contributed by atoms with E-state index in [0.717, 1.165) is 26.3 Å². The van der Waals surface area contributed by atoms with Crippen LogP contribution in [-0.2, 0) is 9.53 Å². The second-order valence-corrected chi connectivity index (χ2v) is 2.54. The molecule has 0 fully saturated rings. The molecule has 0 aromatic carbocycles. The molecule has 0 spiro atoms. The Morgan fingerprint density at radius 3 is 3.07 bits per heavy atom. The quantitative estimate of drug-likeness (QED) is 0.510. The van der Waals surface area contributed by atoms with E-state index in [9.17, 15) is 9.59 Å². The van der Waals surface area contributed by atoms with Crippen LogP contribution in [0.3, 0.4) is 0 Å². The SMILES string of the molecule is [2H]C([2H])([2H])C([2H])(C)n1nnn(/C=C/C(=O)OC)c1=O. The van der Waals surface area contributed by atoms with E-state index in [1.807, 2.05) is 0 Å². The smallest absolute Gasteiger partial charge is 0.368 e. The van der Waals surface area contributed by atoms with Gasteiger partial charge in [0.1, 0.15) is 0 Å². The molecule has 1 heterocycles. The monoisotopic (exact) mass is 216 g/mol. The third kappa shape index (κ3) is 2.52. The maximum absolute atomic E-state index is 11.8. The maximum atomic E-state index is 11.8. The van der Waals surface area contributed by atoms with E-state index in [-0.39, 0.29) is 0 Å². The van der Waals surface area contributed by atoms with Crippen LogP contribution in [0.4, 0.5) is 0 Å². The summed E-state index contributed by atoms with van der Waals surface area (Å²) in [6.45, 7) is -1.74. The number of tetrazole rings is 1. The molecule has 0 saturated heterocycles. The molecule has 0 radical (unpaired) electrons. The molecule has 1 unspecified atom stereocenters. The summed E-state index contributed by atoms with van der Waals surface area (Å²) in [6.07, 6.45) is 1.88. The van der Waals surface area contributed by atoms with Crippen molar-refractivity contribution in [2.75, 3.05) is 7.11 Å². The van der Waals surface area contributed by atoms with Crippen LogP contribution in [0.25, 0.3) is 6.20 Å². The van der Waals surface area contributed by atoms with Gasteiger partial charge in [0.05, 0.1) is 14.5 Å². The second kappa shape index (κ2) is 4.54. The van der Waals surface area contributed by atoms with E-state index in [1.165, 1.54) is 0 Å². The van der Waals surface area contributed by atoms with Gasteiger partial charge in [0.15, 0.2) is 0 Å². The minimum absolute atomic E-state index is 0.418. The van der Waals surface area contributed by atoms with Crippen molar-refractivity contribution in [3.05, 3.63) is 16.6 Å². The number of nitrogens with zero attached hydrogens (tertiary/aromatic N) is 4. The van der Waals surface area contributed by atoms with Crippen molar-refractivity contribution >= 4 is 12.2 Å². The van der Waals surface area contributed by atoms with Gasteiger partial charge in [-0.1, -0.05) is 0 Å². The fraction of sp³-hybridized carbons (Fsp3) is 0.500. The van der Waals surface area contributed by atoms with Crippen molar-refractivity contribution in [2.24, 2.45) is 0 Å². The molecule has 82 valence electrons. The molecule has 0 aliphatic rings. The Bertz CT molecular complexity index is 557. The maximum Gasteiger partial charge on any atom is 0.368 e. The topological polar surface area (TPSA) is 79.0 Å². The Balaban J connectivity index is 3.17. The van der Waals surface area contributed by atoms with Gasteiger partial charge >= 0.3 is 11.7 Å². The van der Waals surface area contributed by atoms with Gasteiger partial charge in [-0.25, -0.2) is 9.59 Å². The van der Waals surface area contributed by atoms with E-state index in [1.54, 1.807) is 0 Å². The summed E-state index contributed by atoms with van der Waals surface area (Å²) >= 11 is 0. The van der Waals surface area contributed by atoms with Crippen molar-refractivity contribution in [3.63, 3.8) is 0 Å². The zero-order valence-corrected chi connectivity index (χ0v) is 8.17. The summed E-state index contributed by atoms with van der Waals surface area (Å²) in [7, 11) is 1.15. The number of ether oxygens (including phenoxy) is 1. The molecule has 1 rings (SSSR count). The van der Waals surface area contributed by atoms with Crippen LogP contribution in [-0.4, -0.2) is 32.9 Å². The van der Waals surface area contributed by atoms with Crippen molar-refractivity contribution < 1.29 is 15.0 Å². The summed E-state index contributed by atoms with van der Waals surface area (Å²) in [5.74, 6) is -0.717. The molecule has 0 amide bonds. The van der Waals surface area contributed by atoms with Crippen molar-refractivity contribution in [2.45, 2.75) is 19.8 Å². The summed E-state index contributed by atoms with van der Waals surface area (Å²) in [6, 6.07) is -2.26. The van der Waals surface area contributed by atoms with E-state index in [0.29, 0.717) is 9.36 Å². The van der Waals surface area contributed by atoms with Crippen LogP contribution in [0.15, 0.2) is 10.9 Å². The van der Waals surface area contributed by atoms with Crippen LogP contribution in [0.1, 0.15) is 25.3 Å².